The molecule has 130 valence electrons. The van der Waals surface area contributed by atoms with Crippen LogP contribution >= 0.6 is 0 Å². The van der Waals surface area contributed by atoms with Crippen LogP contribution in [0, 0.1) is 15.5 Å². The van der Waals surface area contributed by atoms with Gasteiger partial charge < -0.3 is 9.64 Å². The van der Waals surface area contributed by atoms with E-state index < -0.39 is 9.62 Å². The van der Waals surface area contributed by atoms with Gasteiger partial charge >= 0.3 is 0 Å². The minimum absolute atomic E-state index is 0.636. The second kappa shape index (κ2) is 6.93. The number of hydrogen-bond donors (Lipinski definition) is 2. The fraction of sp³-hybridized carbons (Fsp3) is 0.529. The molecule has 0 spiro atoms. The number of hydrogen-bond acceptors (Lipinski definition) is 6. The number of methoxy groups -OCH3 is 1. The van der Waals surface area contributed by atoms with Crippen molar-refractivity contribution < 1.29 is 4.74 Å². The standard InChI is InChI=1S/C17H25N5OS/c1-23-14-3-4-15-16(11-14)20-12-21-17(15)22-8-5-13(6-9-22)7-10-24(2,18)19/h3-4,11-13,18-19H,5-10H2,1-2H3. The van der Waals surface area contributed by atoms with Gasteiger partial charge in [-0.2, -0.15) is 0 Å². The van der Waals surface area contributed by atoms with E-state index in [9.17, 15) is 0 Å². The molecule has 7 heteroatoms. The van der Waals surface area contributed by atoms with Gasteiger partial charge in [-0.15, -0.1) is 0 Å². The summed E-state index contributed by atoms with van der Waals surface area (Å²) < 4.78 is 20.8. The van der Waals surface area contributed by atoms with Crippen molar-refractivity contribution in [2.45, 2.75) is 19.3 Å². The van der Waals surface area contributed by atoms with Crippen molar-refractivity contribution in [2.24, 2.45) is 5.92 Å². The van der Waals surface area contributed by atoms with Crippen LogP contribution < -0.4 is 9.64 Å². The molecule has 1 aromatic heterocycles. The number of nitrogens with one attached hydrogen (secondary N) is 2. The molecule has 2 heterocycles. The Balaban J connectivity index is 1.71. The lowest BCUT2D eigenvalue weighted by Crippen LogP contribution is -2.34. The summed E-state index contributed by atoms with van der Waals surface area (Å²) in [5.41, 5.74) is 0.907. The van der Waals surface area contributed by atoms with E-state index in [2.05, 4.69) is 14.9 Å². The Kier molecular flexibility index (Phi) is 4.89. The Morgan fingerprint density at radius 3 is 2.67 bits per heavy atom. The Morgan fingerprint density at radius 1 is 1.25 bits per heavy atom. The predicted octanol–water partition coefficient (Wildman–Crippen LogP) is 3.55. The minimum atomic E-state index is -1.87. The van der Waals surface area contributed by atoms with Gasteiger partial charge in [-0.05, 0) is 37.3 Å². The second-order valence-corrected chi connectivity index (χ2v) is 9.17. The Bertz CT molecular complexity index is 813. The maximum atomic E-state index is 7.76. The highest BCUT2D eigenvalue weighted by atomic mass is 32.2. The molecule has 3 rings (SSSR count). The van der Waals surface area contributed by atoms with Crippen molar-refractivity contribution in [3.63, 3.8) is 0 Å². The van der Waals surface area contributed by atoms with E-state index in [1.54, 1.807) is 19.7 Å². The van der Waals surface area contributed by atoms with Crippen molar-refractivity contribution in [3.8, 4) is 5.75 Å². The number of fused-ring (bicyclic) bond motifs is 1. The summed E-state index contributed by atoms with van der Waals surface area (Å²) in [5, 5.41) is 1.06. The maximum Gasteiger partial charge on any atom is 0.139 e. The first kappa shape index (κ1) is 17.0. The van der Waals surface area contributed by atoms with Crippen molar-refractivity contribution >= 4 is 26.3 Å². The van der Waals surface area contributed by atoms with Crippen LogP contribution in [0.3, 0.4) is 0 Å². The molecule has 1 fully saturated rings. The number of benzene rings is 1. The summed E-state index contributed by atoms with van der Waals surface area (Å²) in [5.74, 6) is 3.17. The first-order valence-electron chi connectivity index (χ1n) is 8.25. The number of anilines is 1. The molecule has 1 saturated heterocycles. The molecule has 1 aliphatic rings. The molecule has 0 radical (unpaired) electrons. The van der Waals surface area contributed by atoms with Crippen LogP contribution in [0.4, 0.5) is 5.82 Å². The molecule has 2 N–H and O–H groups in total. The van der Waals surface area contributed by atoms with Gasteiger partial charge in [0.15, 0.2) is 0 Å². The first-order valence-corrected chi connectivity index (χ1v) is 10.5. The topological polar surface area (TPSA) is 86.0 Å². The quantitative estimate of drug-likeness (QED) is 0.866. The van der Waals surface area contributed by atoms with Crippen molar-refractivity contribution in [1.82, 2.24) is 9.97 Å². The summed E-state index contributed by atoms with van der Waals surface area (Å²) in [6.07, 6.45) is 6.60. The molecule has 1 aliphatic heterocycles. The Morgan fingerprint density at radius 2 is 2.00 bits per heavy atom. The van der Waals surface area contributed by atoms with Crippen molar-refractivity contribution in [3.05, 3.63) is 24.5 Å². The van der Waals surface area contributed by atoms with Gasteiger partial charge in [-0.1, -0.05) is 9.62 Å². The fourth-order valence-corrected chi connectivity index (χ4v) is 4.04. The second-order valence-electron chi connectivity index (χ2n) is 6.59. The monoisotopic (exact) mass is 347 g/mol. The summed E-state index contributed by atoms with van der Waals surface area (Å²) in [7, 11) is -0.210. The van der Waals surface area contributed by atoms with Gasteiger partial charge in [-0.25, -0.2) is 9.97 Å². The summed E-state index contributed by atoms with van der Waals surface area (Å²) >= 11 is 0. The number of ether oxygens (including phenoxy) is 1. The Hall–Kier alpha value is -1.89. The number of nitrogens with zero attached hydrogens (tertiary/aromatic N) is 3. The average Bonchev–Trinajstić information content (AvgIpc) is 2.59. The van der Waals surface area contributed by atoms with Crippen LogP contribution in [-0.4, -0.2) is 42.2 Å². The van der Waals surface area contributed by atoms with Crippen molar-refractivity contribution in [1.29, 1.82) is 9.56 Å². The van der Waals surface area contributed by atoms with Gasteiger partial charge in [0.2, 0.25) is 0 Å². The van der Waals surface area contributed by atoms with Crippen LogP contribution in [0.25, 0.3) is 10.9 Å². The highest BCUT2D eigenvalue weighted by Crippen LogP contribution is 2.30. The molecule has 2 aromatic rings. The molecule has 6 nitrogen and oxygen atoms in total. The maximum absolute atomic E-state index is 7.76. The van der Waals surface area contributed by atoms with E-state index in [0.29, 0.717) is 5.92 Å². The fourth-order valence-electron chi connectivity index (χ4n) is 3.24. The molecule has 0 aliphatic carbocycles. The summed E-state index contributed by atoms with van der Waals surface area (Å²) in [4.78, 5) is 11.2. The van der Waals surface area contributed by atoms with Crippen molar-refractivity contribution in [2.75, 3.05) is 37.1 Å². The number of aromatic nitrogens is 2. The van der Waals surface area contributed by atoms with Crippen LogP contribution in [-0.2, 0) is 9.62 Å². The summed E-state index contributed by atoms with van der Waals surface area (Å²) in [6.45, 7) is 1.95. The zero-order valence-corrected chi connectivity index (χ0v) is 15.1. The van der Waals surface area contributed by atoms with E-state index in [1.807, 2.05) is 18.2 Å². The molecule has 1 aromatic carbocycles. The highest BCUT2D eigenvalue weighted by molar-refractivity contribution is 7.92. The average molecular weight is 347 g/mol. The third kappa shape index (κ3) is 3.95. The number of rotatable bonds is 5. The lowest BCUT2D eigenvalue weighted by molar-refractivity contribution is 0.396. The summed E-state index contributed by atoms with van der Waals surface area (Å²) in [6, 6.07) is 5.93. The van der Waals surface area contributed by atoms with Crippen LogP contribution in [0.2, 0.25) is 0 Å². The van der Waals surface area contributed by atoms with E-state index in [4.69, 9.17) is 14.3 Å². The van der Waals surface area contributed by atoms with E-state index in [1.165, 1.54) is 0 Å². The highest BCUT2D eigenvalue weighted by Gasteiger charge is 2.22. The third-order valence-corrected chi connectivity index (χ3v) is 5.72. The molecule has 24 heavy (non-hydrogen) atoms. The van der Waals surface area contributed by atoms with E-state index in [0.717, 1.165) is 60.6 Å². The van der Waals surface area contributed by atoms with Gasteiger partial charge in [0.05, 0.1) is 12.6 Å². The predicted molar refractivity (Wildman–Crippen MR) is 99.2 cm³/mol. The molecule has 0 atom stereocenters. The van der Waals surface area contributed by atoms with Gasteiger partial charge in [0.25, 0.3) is 0 Å². The molecule has 0 unspecified atom stereocenters. The first-order chi connectivity index (χ1) is 11.5. The number of piperidine rings is 1. The zero-order valence-electron chi connectivity index (χ0n) is 14.3. The molecular weight excluding hydrogens is 322 g/mol. The largest absolute Gasteiger partial charge is 0.497 e. The lowest BCUT2D eigenvalue weighted by Gasteiger charge is -2.33. The molecule has 0 bridgehead atoms. The van der Waals surface area contributed by atoms with Gasteiger partial charge in [-0.3, -0.25) is 9.56 Å². The molecular formula is C17H25N5OS. The van der Waals surface area contributed by atoms with Crippen LogP contribution in [0.1, 0.15) is 19.3 Å². The van der Waals surface area contributed by atoms with Gasteiger partial charge in [0.1, 0.15) is 17.9 Å². The Labute approximate surface area is 143 Å². The van der Waals surface area contributed by atoms with E-state index in [-0.39, 0.29) is 0 Å². The SMILES string of the molecule is COc1ccc2c(N3CCC(CCS(C)(=N)=N)CC3)ncnc2c1. The minimum Gasteiger partial charge on any atom is -0.497 e. The molecule has 0 saturated carbocycles. The molecule has 0 amide bonds. The zero-order chi connectivity index (χ0) is 17.2. The lowest BCUT2D eigenvalue weighted by atomic mass is 9.94. The van der Waals surface area contributed by atoms with Crippen LogP contribution in [0.5, 0.6) is 5.75 Å². The van der Waals surface area contributed by atoms with Gasteiger partial charge in [0, 0.05) is 36.6 Å². The smallest absolute Gasteiger partial charge is 0.139 e. The third-order valence-electron chi connectivity index (χ3n) is 4.67. The normalized spacial score (nSPS) is 16.5. The van der Waals surface area contributed by atoms with Crippen LogP contribution in [0.15, 0.2) is 24.5 Å². The van der Waals surface area contributed by atoms with E-state index >= 15 is 0 Å².